The van der Waals surface area contributed by atoms with E-state index in [1.807, 2.05) is 0 Å². The average molecular weight is 211 g/mol. The van der Waals surface area contributed by atoms with Crippen LogP contribution in [-0.2, 0) is 9.53 Å². The van der Waals surface area contributed by atoms with Crippen LogP contribution in [-0.4, -0.2) is 37.1 Å². The predicted octanol–water partition coefficient (Wildman–Crippen LogP) is 1.98. The Labute approximate surface area is 92.1 Å². The predicted molar refractivity (Wildman–Crippen MR) is 60.7 cm³/mol. The summed E-state index contributed by atoms with van der Waals surface area (Å²) in [6.45, 7) is 7.51. The van der Waals surface area contributed by atoms with Gasteiger partial charge in [-0.3, -0.25) is 0 Å². The number of nitrogens with zero attached hydrogens (tertiary/aromatic N) is 1. The van der Waals surface area contributed by atoms with Crippen molar-refractivity contribution < 1.29 is 9.53 Å². The zero-order valence-corrected chi connectivity index (χ0v) is 9.41. The average Bonchev–Trinajstić information content (AvgIpc) is 2.29. The summed E-state index contributed by atoms with van der Waals surface area (Å²) in [5.41, 5.74) is 0. The van der Waals surface area contributed by atoms with Crippen molar-refractivity contribution in [1.29, 1.82) is 0 Å². The summed E-state index contributed by atoms with van der Waals surface area (Å²) in [5.74, 6) is -0.312. The van der Waals surface area contributed by atoms with Crippen molar-refractivity contribution in [2.45, 2.75) is 32.1 Å². The minimum Gasteiger partial charge on any atom is -0.463 e. The maximum atomic E-state index is 10.7. The molecule has 0 unspecified atom stereocenters. The second kappa shape index (κ2) is 7.46. The second-order valence-corrected chi connectivity index (χ2v) is 3.98. The van der Waals surface area contributed by atoms with E-state index in [9.17, 15) is 4.79 Å². The molecule has 0 aromatic carbocycles. The molecule has 0 atom stereocenters. The zero-order chi connectivity index (χ0) is 10.9. The fourth-order valence-electron chi connectivity index (χ4n) is 1.85. The van der Waals surface area contributed by atoms with E-state index in [0.717, 1.165) is 19.4 Å². The lowest BCUT2D eigenvalue weighted by Gasteiger charge is -2.26. The van der Waals surface area contributed by atoms with Gasteiger partial charge in [0.05, 0.1) is 6.61 Å². The molecule has 0 aromatic rings. The van der Waals surface area contributed by atoms with Crippen LogP contribution >= 0.6 is 0 Å². The van der Waals surface area contributed by atoms with E-state index in [2.05, 4.69) is 11.5 Å². The van der Waals surface area contributed by atoms with Gasteiger partial charge >= 0.3 is 5.97 Å². The first-order valence-electron chi connectivity index (χ1n) is 5.84. The Hall–Kier alpha value is -0.830. The third-order valence-corrected chi connectivity index (χ3v) is 2.73. The fourth-order valence-corrected chi connectivity index (χ4v) is 1.85. The second-order valence-electron chi connectivity index (χ2n) is 3.98. The number of carbonyl (C=O) groups excluding carboxylic acids is 1. The summed E-state index contributed by atoms with van der Waals surface area (Å²) in [7, 11) is 0. The highest BCUT2D eigenvalue weighted by atomic mass is 16.5. The van der Waals surface area contributed by atoms with E-state index >= 15 is 0 Å². The molecule has 0 saturated carbocycles. The van der Waals surface area contributed by atoms with Crippen molar-refractivity contribution in [3.63, 3.8) is 0 Å². The first-order valence-corrected chi connectivity index (χ1v) is 5.84. The Morgan fingerprint density at radius 2 is 2.00 bits per heavy atom. The van der Waals surface area contributed by atoms with Crippen molar-refractivity contribution in [3.8, 4) is 0 Å². The van der Waals surface area contributed by atoms with Crippen LogP contribution in [0.15, 0.2) is 12.7 Å². The molecule has 86 valence electrons. The maximum absolute atomic E-state index is 10.7. The lowest BCUT2D eigenvalue weighted by Crippen LogP contribution is -2.30. The van der Waals surface area contributed by atoms with Crippen LogP contribution in [0.1, 0.15) is 32.1 Å². The molecule has 1 rings (SSSR count). The summed E-state index contributed by atoms with van der Waals surface area (Å²) < 4.78 is 4.91. The van der Waals surface area contributed by atoms with E-state index < -0.39 is 0 Å². The molecular weight excluding hydrogens is 190 g/mol. The largest absolute Gasteiger partial charge is 0.463 e. The van der Waals surface area contributed by atoms with Gasteiger partial charge in [0, 0.05) is 6.08 Å². The van der Waals surface area contributed by atoms with Crippen LogP contribution in [0.4, 0.5) is 0 Å². The molecule has 1 heterocycles. The van der Waals surface area contributed by atoms with Crippen molar-refractivity contribution in [1.82, 2.24) is 4.90 Å². The van der Waals surface area contributed by atoms with Crippen molar-refractivity contribution in [2.75, 3.05) is 26.2 Å². The Balaban J connectivity index is 1.91. The van der Waals surface area contributed by atoms with Crippen LogP contribution in [0.25, 0.3) is 0 Å². The molecule has 1 aliphatic rings. The molecule has 1 fully saturated rings. The molecule has 0 bridgehead atoms. The molecule has 0 spiro atoms. The highest BCUT2D eigenvalue weighted by molar-refractivity contribution is 5.81. The topological polar surface area (TPSA) is 29.5 Å². The lowest BCUT2D eigenvalue weighted by molar-refractivity contribution is -0.137. The monoisotopic (exact) mass is 211 g/mol. The molecule has 0 amide bonds. The standard InChI is InChI=1S/C12H21NO2/c1-2-12(14)15-11-7-6-10-13-8-4-3-5-9-13/h2H,1,3-11H2. The van der Waals surface area contributed by atoms with Crippen LogP contribution in [0.5, 0.6) is 0 Å². The van der Waals surface area contributed by atoms with Gasteiger partial charge in [0.15, 0.2) is 0 Å². The maximum Gasteiger partial charge on any atom is 0.330 e. The molecule has 1 saturated heterocycles. The third kappa shape index (κ3) is 5.57. The van der Waals surface area contributed by atoms with Gasteiger partial charge < -0.3 is 9.64 Å². The number of hydrogen-bond donors (Lipinski definition) is 0. The summed E-state index contributed by atoms with van der Waals surface area (Å²) >= 11 is 0. The number of unbranched alkanes of at least 4 members (excludes halogenated alkanes) is 1. The van der Waals surface area contributed by atoms with Gasteiger partial charge in [-0.15, -0.1) is 0 Å². The van der Waals surface area contributed by atoms with Crippen molar-refractivity contribution in [2.24, 2.45) is 0 Å². The number of piperidine rings is 1. The summed E-state index contributed by atoms with van der Waals surface area (Å²) in [5, 5.41) is 0. The normalized spacial score (nSPS) is 17.3. The van der Waals surface area contributed by atoms with Crippen molar-refractivity contribution >= 4 is 5.97 Å². The molecule has 3 heteroatoms. The zero-order valence-electron chi connectivity index (χ0n) is 9.41. The SMILES string of the molecule is C=CC(=O)OCCCCN1CCCCC1. The van der Waals surface area contributed by atoms with Gasteiger partial charge in [0.25, 0.3) is 0 Å². The molecular formula is C12H21NO2. The van der Waals surface area contributed by atoms with Gasteiger partial charge in [-0.2, -0.15) is 0 Å². The molecule has 0 radical (unpaired) electrons. The first kappa shape index (κ1) is 12.2. The number of hydrogen-bond acceptors (Lipinski definition) is 3. The van der Waals surface area contributed by atoms with E-state index in [1.165, 1.54) is 38.4 Å². The highest BCUT2D eigenvalue weighted by Crippen LogP contribution is 2.09. The van der Waals surface area contributed by atoms with Crippen LogP contribution < -0.4 is 0 Å². The van der Waals surface area contributed by atoms with Gasteiger partial charge in [-0.1, -0.05) is 13.0 Å². The summed E-state index contributed by atoms with van der Waals surface area (Å²) in [6, 6.07) is 0. The quantitative estimate of drug-likeness (QED) is 0.382. The molecule has 3 nitrogen and oxygen atoms in total. The van der Waals surface area contributed by atoms with Crippen LogP contribution in [0.3, 0.4) is 0 Å². The minimum atomic E-state index is -0.312. The van der Waals surface area contributed by atoms with Gasteiger partial charge in [-0.25, -0.2) is 4.79 Å². The molecule has 0 aliphatic carbocycles. The Bertz CT molecular complexity index is 198. The van der Waals surface area contributed by atoms with E-state index in [4.69, 9.17) is 4.74 Å². The van der Waals surface area contributed by atoms with E-state index in [-0.39, 0.29) is 5.97 Å². The summed E-state index contributed by atoms with van der Waals surface area (Å²) in [6.07, 6.45) is 7.34. The minimum absolute atomic E-state index is 0.312. The van der Waals surface area contributed by atoms with E-state index in [1.54, 1.807) is 0 Å². The van der Waals surface area contributed by atoms with E-state index in [0.29, 0.717) is 6.61 Å². The number of ether oxygens (including phenoxy) is 1. The van der Waals surface area contributed by atoms with Gasteiger partial charge in [-0.05, 0) is 45.3 Å². The number of likely N-dealkylation sites (tertiary alicyclic amines) is 1. The van der Waals surface area contributed by atoms with Crippen molar-refractivity contribution in [3.05, 3.63) is 12.7 Å². The molecule has 15 heavy (non-hydrogen) atoms. The Kier molecular flexibility index (Phi) is 6.09. The molecule has 0 N–H and O–H groups in total. The molecule has 1 aliphatic heterocycles. The number of rotatable bonds is 6. The van der Waals surface area contributed by atoms with Crippen LogP contribution in [0.2, 0.25) is 0 Å². The Morgan fingerprint density at radius 1 is 1.27 bits per heavy atom. The molecule has 0 aromatic heterocycles. The third-order valence-electron chi connectivity index (χ3n) is 2.73. The van der Waals surface area contributed by atoms with Gasteiger partial charge in [0.1, 0.15) is 0 Å². The summed E-state index contributed by atoms with van der Waals surface area (Å²) in [4.78, 5) is 13.2. The number of esters is 1. The Morgan fingerprint density at radius 3 is 2.67 bits per heavy atom. The first-order chi connectivity index (χ1) is 7.33. The highest BCUT2D eigenvalue weighted by Gasteiger charge is 2.08. The smallest absolute Gasteiger partial charge is 0.330 e. The fraction of sp³-hybridized carbons (Fsp3) is 0.750. The number of carbonyl (C=O) groups is 1. The lowest BCUT2D eigenvalue weighted by atomic mass is 10.1. The van der Waals surface area contributed by atoms with Gasteiger partial charge in [0.2, 0.25) is 0 Å². The van der Waals surface area contributed by atoms with Crippen LogP contribution in [0, 0.1) is 0 Å².